The van der Waals surface area contributed by atoms with E-state index >= 15 is 0 Å². The van der Waals surface area contributed by atoms with Crippen LogP contribution >= 0.6 is 12.4 Å². The van der Waals surface area contributed by atoms with E-state index in [4.69, 9.17) is 0 Å². The van der Waals surface area contributed by atoms with Gasteiger partial charge in [0.2, 0.25) is 5.43 Å². The van der Waals surface area contributed by atoms with Crippen molar-refractivity contribution in [2.45, 2.75) is 89.4 Å². The average molecular weight is 748 g/mol. The maximum atomic E-state index is 14.6. The fourth-order valence-corrected chi connectivity index (χ4v) is 10.6. The van der Waals surface area contributed by atoms with Crippen LogP contribution in [0.25, 0.3) is 10.9 Å². The van der Waals surface area contributed by atoms with E-state index in [0.717, 1.165) is 51.6 Å². The van der Waals surface area contributed by atoms with Crippen LogP contribution in [0.5, 0.6) is 0 Å². The molecule has 0 unspecified atom stereocenters. The number of piperazine rings is 1. The van der Waals surface area contributed by atoms with Gasteiger partial charge >= 0.3 is 5.97 Å². The van der Waals surface area contributed by atoms with Crippen LogP contribution in [0.1, 0.15) is 88.0 Å². The lowest BCUT2D eigenvalue weighted by Gasteiger charge is -2.60. The smallest absolute Gasteiger partial charge is 0.341 e. The number of carboxylic acid groups (broad SMARTS) is 1. The number of hydrogen-bond donors (Lipinski definition) is 5. The number of aliphatic hydroxyl groups excluding tert-OH is 2. The van der Waals surface area contributed by atoms with Gasteiger partial charge in [-0.1, -0.05) is 19.4 Å². The predicted octanol–water partition coefficient (Wildman–Crippen LogP) is 2.96. The number of hydrogen-bond acceptors (Lipinski definition) is 9. The molecule has 12 nitrogen and oxygen atoms in total. The highest BCUT2D eigenvalue weighted by molar-refractivity contribution is 5.94. The first-order valence-corrected chi connectivity index (χ1v) is 18.1. The summed E-state index contributed by atoms with van der Waals surface area (Å²) >= 11 is 0. The molecule has 7 atom stereocenters. The number of fused-ring (bicyclic) bond motifs is 6. The molecule has 0 amide bonds. The first kappa shape index (κ1) is 40.0. The first-order chi connectivity index (χ1) is 23.7. The standard InChI is InChI=1S/C21H30O5.C17H18FN3O3.ClH.H2O/c1-19-7-5-13(23)9-12(19)3-4-14-15-6-8-21(26,17(25)11-22)20(15,2)10-16(24)18(14)19;18-13-7-11-14(8-15(13)20-5-3-19-4-6-20)21(10-1-2-10)9-12(16(11)22)17(23)24;;/h9,14-16,18,22,24,26H,3-8,10-11H2,1-2H3;7-10,19H,1-6H2,(H,23,24);1H;1H2/t14-,15-,16-,18+,19-,20-,21-;;;/m0.../s1. The van der Waals surface area contributed by atoms with Gasteiger partial charge in [0.1, 0.15) is 23.6 Å². The van der Waals surface area contributed by atoms with Gasteiger partial charge in [0, 0.05) is 55.6 Å². The number of nitrogens with one attached hydrogen (secondary N) is 1. The van der Waals surface area contributed by atoms with Crippen molar-refractivity contribution in [1.29, 1.82) is 0 Å². The summed E-state index contributed by atoms with van der Waals surface area (Å²) in [5, 5.41) is 44.3. The second kappa shape index (κ2) is 14.6. The summed E-state index contributed by atoms with van der Waals surface area (Å²) in [6.07, 6.45) is 9.03. The highest BCUT2D eigenvalue weighted by Gasteiger charge is 2.68. The molecular weight excluding hydrogens is 697 g/mol. The summed E-state index contributed by atoms with van der Waals surface area (Å²) < 4.78 is 16.4. The number of pyridine rings is 1. The van der Waals surface area contributed by atoms with Crippen molar-refractivity contribution in [1.82, 2.24) is 9.88 Å². The van der Waals surface area contributed by atoms with Crippen molar-refractivity contribution in [3.8, 4) is 0 Å². The molecule has 1 aromatic heterocycles. The third-order valence-electron chi connectivity index (χ3n) is 13.4. The number of benzene rings is 1. The third-order valence-corrected chi connectivity index (χ3v) is 13.4. The maximum Gasteiger partial charge on any atom is 0.341 e. The third kappa shape index (κ3) is 6.30. The number of ketones is 2. The first-order valence-electron chi connectivity index (χ1n) is 18.1. The van der Waals surface area contributed by atoms with Crippen LogP contribution in [-0.2, 0) is 9.59 Å². The van der Waals surface area contributed by atoms with Gasteiger partial charge in [0.25, 0.3) is 0 Å². The summed E-state index contributed by atoms with van der Waals surface area (Å²) in [6.45, 7) is 6.42. The molecule has 7 N–H and O–H groups in total. The van der Waals surface area contributed by atoms with Gasteiger partial charge in [-0.2, -0.15) is 0 Å². The molecule has 1 aliphatic heterocycles. The molecule has 1 saturated heterocycles. The van der Waals surface area contributed by atoms with Crippen LogP contribution in [0.15, 0.2) is 34.8 Å². The van der Waals surface area contributed by atoms with E-state index in [2.05, 4.69) is 12.2 Å². The van der Waals surface area contributed by atoms with Gasteiger partial charge in [0.15, 0.2) is 11.6 Å². The van der Waals surface area contributed by atoms with Crippen LogP contribution < -0.4 is 15.6 Å². The molecule has 5 fully saturated rings. The van der Waals surface area contributed by atoms with E-state index < -0.39 is 46.7 Å². The number of nitrogens with zero attached hydrogens (tertiary/aromatic N) is 2. The number of halogens is 2. The molecule has 0 radical (unpaired) electrons. The number of carbonyl (C=O) groups excluding carboxylic acids is 2. The molecule has 2 heterocycles. The van der Waals surface area contributed by atoms with Gasteiger partial charge in [-0.3, -0.25) is 14.4 Å². The number of carbonyl (C=O) groups is 3. The zero-order valence-corrected chi connectivity index (χ0v) is 30.5. The minimum atomic E-state index is -1.54. The zero-order valence-electron chi connectivity index (χ0n) is 29.7. The van der Waals surface area contributed by atoms with E-state index in [1.54, 1.807) is 12.1 Å². The SMILES string of the molecule is C[C@]12CCC(=O)C=C1CC[C@@H]1[C@@H]2[C@@H](O)C[C@@]2(C)[C@H]1CC[C@]2(O)C(=O)CO.Cl.O.O=C(O)c1cn(C2CC2)c2cc(N3CCNCC3)c(F)cc2c1=O. The molecule has 1 aromatic carbocycles. The summed E-state index contributed by atoms with van der Waals surface area (Å²) in [5.41, 5.74) is -1.07. The predicted molar refractivity (Wildman–Crippen MR) is 194 cm³/mol. The molecule has 2 aromatic rings. The van der Waals surface area contributed by atoms with Gasteiger partial charge in [-0.25, -0.2) is 9.18 Å². The fourth-order valence-electron chi connectivity index (χ4n) is 10.6. The Balaban J connectivity index is 0.000000194. The summed E-state index contributed by atoms with van der Waals surface area (Å²) in [4.78, 5) is 50.0. The maximum absolute atomic E-state index is 14.6. The van der Waals surface area contributed by atoms with E-state index in [1.807, 2.05) is 16.4 Å². The Bertz CT molecular complexity index is 1840. The summed E-state index contributed by atoms with van der Waals surface area (Å²) in [5.74, 6) is -1.62. The molecule has 14 heteroatoms. The van der Waals surface area contributed by atoms with E-state index in [-0.39, 0.29) is 63.8 Å². The Hall–Kier alpha value is -3.20. The Morgan fingerprint density at radius 3 is 2.37 bits per heavy atom. The number of allylic oxidation sites excluding steroid dienone is 1. The number of rotatable bonds is 5. The lowest BCUT2D eigenvalue weighted by molar-refractivity contribution is -0.182. The van der Waals surface area contributed by atoms with Crippen molar-refractivity contribution in [3.05, 3.63) is 51.6 Å². The normalized spacial score (nSPS) is 33.6. The topological polar surface area (TPSA) is 201 Å². The Kier molecular flexibility index (Phi) is 11.2. The van der Waals surface area contributed by atoms with Crippen LogP contribution in [0.2, 0.25) is 0 Å². The minimum Gasteiger partial charge on any atom is -0.477 e. The molecule has 8 rings (SSSR count). The second-order valence-electron chi connectivity index (χ2n) is 15.9. The van der Waals surface area contributed by atoms with Crippen LogP contribution in [0.4, 0.5) is 10.1 Å². The van der Waals surface area contributed by atoms with Crippen molar-refractivity contribution in [2.75, 3.05) is 37.7 Å². The second-order valence-corrected chi connectivity index (χ2v) is 15.9. The largest absolute Gasteiger partial charge is 0.477 e. The number of aromatic carboxylic acids is 1. The van der Waals surface area contributed by atoms with Gasteiger partial charge in [-0.15, -0.1) is 12.4 Å². The fraction of sp³-hybridized carbons (Fsp3) is 0.632. The molecule has 286 valence electrons. The average Bonchev–Trinajstić information content (AvgIpc) is 3.90. The van der Waals surface area contributed by atoms with Gasteiger partial charge < -0.3 is 40.7 Å². The molecule has 5 aliphatic carbocycles. The van der Waals surface area contributed by atoms with Gasteiger partial charge in [0.05, 0.1) is 17.3 Å². The number of aliphatic hydroxyl groups is 3. The molecule has 52 heavy (non-hydrogen) atoms. The summed E-state index contributed by atoms with van der Waals surface area (Å²) in [6, 6.07) is 3.08. The number of aromatic nitrogens is 1. The Morgan fingerprint density at radius 2 is 1.73 bits per heavy atom. The van der Waals surface area contributed by atoms with Crippen LogP contribution in [-0.4, -0.2) is 92.5 Å². The molecular formula is C38H51ClFN3O9. The number of Topliss-reactive ketones (excluding diaryl/α,β-unsaturated/α-hetero) is 1. The lowest BCUT2D eigenvalue weighted by atomic mass is 9.45. The molecule has 4 saturated carbocycles. The van der Waals surface area contributed by atoms with Crippen molar-refractivity contribution in [3.63, 3.8) is 0 Å². The van der Waals surface area contributed by atoms with E-state index in [1.165, 1.54) is 17.8 Å². The molecule has 0 bridgehead atoms. The van der Waals surface area contributed by atoms with Crippen molar-refractivity contribution < 1.29 is 44.7 Å². The Morgan fingerprint density at radius 1 is 1.04 bits per heavy atom. The monoisotopic (exact) mass is 747 g/mol. The van der Waals surface area contributed by atoms with Crippen LogP contribution in [0, 0.1) is 34.4 Å². The summed E-state index contributed by atoms with van der Waals surface area (Å²) in [7, 11) is 0. The number of anilines is 1. The van der Waals surface area contributed by atoms with Gasteiger partial charge in [-0.05, 0) is 92.7 Å². The molecule has 0 spiro atoms. The minimum absolute atomic E-state index is 0. The lowest BCUT2D eigenvalue weighted by Crippen LogP contribution is -2.62. The van der Waals surface area contributed by atoms with E-state index in [0.29, 0.717) is 43.6 Å². The van der Waals surface area contributed by atoms with Crippen molar-refractivity contribution in [2.24, 2.45) is 28.6 Å². The molecule has 6 aliphatic rings. The van der Waals surface area contributed by atoms with Crippen molar-refractivity contribution >= 4 is 46.5 Å². The quantitative estimate of drug-likeness (QED) is 0.303. The van der Waals surface area contributed by atoms with E-state index in [9.17, 15) is 44.0 Å². The number of carboxylic acids is 1. The zero-order chi connectivity index (χ0) is 35.7. The Labute approximate surface area is 307 Å². The highest BCUT2D eigenvalue weighted by atomic mass is 35.5. The highest BCUT2D eigenvalue weighted by Crippen LogP contribution is 2.67. The van der Waals surface area contributed by atoms with Crippen LogP contribution in [0.3, 0.4) is 0 Å².